The Balaban J connectivity index is 1.46. The van der Waals surface area contributed by atoms with Crippen LogP contribution in [-0.4, -0.2) is 52.3 Å². The molecule has 0 aliphatic heterocycles. The number of halogens is 2. The third-order valence-corrected chi connectivity index (χ3v) is 6.01. The number of pyridine rings is 1. The second-order valence-corrected chi connectivity index (χ2v) is 8.59. The SMILES string of the molecule is CC1(O)CCC(Nc2nc(N)c3c(-c4ccc5ncn(CC(F)F)c5n4)ccn3n2)CC1. The van der Waals surface area contributed by atoms with Gasteiger partial charge in [-0.25, -0.2) is 23.3 Å². The van der Waals surface area contributed by atoms with E-state index in [0.717, 1.165) is 12.8 Å². The van der Waals surface area contributed by atoms with Gasteiger partial charge in [0.05, 0.1) is 24.2 Å². The van der Waals surface area contributed by atoms with Crippen LogP contribution in [0.1, 0.15) is 32.6 Å². The lowest BCUT2D eigenvalue weighted by Gasteiger charge is -2.33. The van der Waals surface area contributed by atoms with E-state index in [2.05, 4.69) is 25.4 Å². The number of aromatic nitrogens is 6. The molecule has 0 spiro atoms. The summed E-state index contributed by atoms with van der Waals surface area (Å²) in [4.78, 5) is 13.1. The molecular weight excluding hydrogens is 418 g/mol. The molecule has 9 nitrogen and oxygen atoms in total. The summed E-state index contributed by atoms with van der Waals surface area (Å²) in [5.41, 5.74) is 8.45. The van der Waals surface area contributed by atoms with Crippen LogP contribution in [0.2, 0.25) is 0 Å². The van der Waals surface area contributed by atoms with Crippen LogP contribution in [0.3, 0.4) is 0 Å². The first-order valence-electron chi connectivity index (χ1n) is 10.5. The molecule has 32 heavy (non-hydrogen) atoms. The summed E-state index contributed by atoms with van der Waals surface area (Å²) in [6.45, 7) is 1.39. The number of fused-ring (bicyclic) bond motifs is 2. The summed E-state index contributed by atoms with van der Waals surface area (Å²) in [6, 6.07) is 5.51. The second-order valence-electron chi connectivity index (χ2n) is 8.59. The van der Waals surface area contributed by atoms with E-state index in [1.54, 1.807) is 22.8 Å². The van der Waals surface area contributed by atoms with Gasteiger partial charge in [-0.1, -0.05) is 0 Å². The maximum Gasteiger partial charge on any atom is 0.256 e. The second kappa shape index (κ2) is 7.66. The normalized spacial score (nSPS) is 21.6. The van der Waals surface area contributed by atoms with E-state index in [1.807, 2.05) is 13.0 Å². The van der Waals surface area contributed by atoms with E-state index < -0.39 is 18.6 Å². The first-order valence-corrected chi connectivity index (χ1v) is 10.5. The van der Waals surface area contributed by atoms with Crippen molar-refractivity contribution in [3.05, 3.63) is 30.7 Å². The molecule has 0 atom stereocenters. The summed E-state index contributed by atoms with van der Waals surface area (Å²) in [5.74, 6) is 0.704. The highest BCUT2D eigenvalue weighted by atomic mass is 19.3. The van der Waals surface area contributed by atoms with Crippen LogP contribution < -0.4 is 11.1 Å². The van der Waals surface area contributed by atoms with Gasteiger partial charge in [-0.05, 0) is 50.8 Å². The van der Waals surface area contributed by atoms with Gasteiger partial charge in [-0.3, -0.25) is 0 Å². The predicted octanol–water partition coefficient (Wildman–Crippen LogP) is 3.09. The molecule has 0 bridgehead atoms. The zero-order valence-electron chi connectivity index (χ0n) is 17.5. The maximum atomic E-state index is 12.9. The Morgan fingerprint density at radius 1 is 1.25 bits per heavy atom. The summed E-state index contributed by atoms with van der Waals surface area (Å²) in [5, 5.41) is 18.0. The minimum absolute atomic E-state index is 0.168. The Morgan fingerprint density at radius 2 is 2.03 bits per heavy atom. The van der Waals surface area contributed by atoms with Crippen LogP contribution in [0.15, 0.2) is 30.7 Å². The van der Waals surface area contributed by atoms with Crippen molar-refractivity contribution in [1.29, 1.82) is 0 Å². The highest BCUT2D eigenvalue weighted by Gasteiger charge is 2.29. The van der Waals surface area contributed by atoms with Gasteiger partial charge >= 0.3 is 0 Å². The van der Waals surface area contributed by atoms with Crippen LogP contribution in [0.4, 0.5) is 20.5 Å². The summed E-state index contributed by atoms with van der Waals surface area (Å²) >= 11 is 0. The Morgan fingerprint density at radius 3 is 2.78 bits per heavy atom. The van der Waals surface area contributed by atoms with Gasteiger partial charge in [0.1, 0.15) is 11.0 Å². The van der Waals surface area contributed by atoms with Crippen molar-refractivity contribution in [2.75, 3.05) is 11.1 Å². The average Bonchev–Trinajstić information content (AvgIpc) is 3.33. The van der Waals surface area contributed by atoms with Crippen molar-refractivity contribution in [2.45, 2.75) is 57.2 Å². The Bertz CT molecular complexity index is 1270. The number of nitrogens with two attached hydrogens (primary N) is 1. The molecule has 4 N–H and O–H groups in total. The molecule has 1 aliphatic rings. The summed E-state index contributed by atoms with van der Waals surface area (Å²) in [7, 11) is 0. The fraction of sp³-hybridized carbons (Fsp3) is 0.429. The topological polar surface area (TPSA) is 119 Å². The number of anilines is 2. The van der Waals surface area contributed by atoms with Crippen molar-refractivity contribution in [3.63, 3.8) is 0 Å². The minimum atomic E-state index is -2.50. The number of alkyl halides is 2. The monoisotopic (exact) mass is 442 g/mol. The number of rotatable bonds is 5. The van der Waals surface area contributed by atoms with Crippen LogP contribution >= 0.6 is 0 Å². The predicted molar refractivity (Wildman–Crippen MR) is 116 cm³/mol. The molecule has 0 unspecified atom stereocenters. The highest BCUT2D eigenvalue weighted by molar-refractivity contribution is 5.88. The van der Waals surface area contributed by atoms with Crippen molar-refractivity contribution in [2.24, 2.45) is 0 Å². The van der Waals surface area contributed by atoms with Crippen molar-refractivity contribution < 1.29 is 13.9 Å². The molecule has 4 heterocycles. The lowest BCUT2D eigenvalue weighted by atomic mass is 9.84. The largest absolute Gasteiger partial charge is 0.390 e. The number of nitrogen functional groups attached to an aromatic ring is 1. The maximum absolute atomic E-state index is 12.9. The van der Waals surface area contributed by atoms with E-state index in [4.69, 9.17) is 5.73 Å². The van der Waals surface area contributed by atoms with Crippen molar-refractivity contribution in [1.82, 2.24) is 29.1 Å². The molecular formula is C21H24F2N8O. The van der Waals surface area contributed by atoms with E-state index in [9.17, 15) is 13.9 Å². The van der Waals surface area contributed by atoms with Crippen LogP contribution in [-0.2, 0) is 6.54 Å². The fourth-order valence-corrected chi connectivity index (χ4v) is 4.26. The van der Waals surface area contributed by atoms with E-state index in [1.165, 1.54) is 10.9 Å². The zero-order valence-corrected chi connectivity index (χ0v) is 17.5. The third-order valence-electron chi connectivity index (χ3n) is 6.01. The number of hydrogen-bond donors (Lipinski definition) is 3. The molecule has 1 fully saturated rings. The van der Waals surface area contributed by atoms with Crippen LogP contribution in [0.25, 0.3) is 27.9 Å². The molecule has 11 heteroatoms. The lowest BCUT2D eigenvalue weighted by Crippen LogP contribution is -2.36. The van der Waals surface area contributed by atoms with E-state index >= 15 is 0 Å². The molecule has 4 aromatic rings. The number of nitrogens with one attached hydrogen (secondary N) is 1. The Kier molecular flexibility index (Phi) is 4.92. The molecule has 5 rings (SSSR count). The van der Waals surface area contributed by atoms with Gasteiger partial charge in [-0.2, -0.15) is 4.98 Å². The molecule has 0 radical (unpaired) electrons. The standard InChI is InChI=1S/C21H24F2N8O/c1-21(32)7-4-12(5-8-21)26-20-28-18(24)17-13(6-9-31(17)29-20)14-2-3-15-19(27-14)30(11-25-15)10-16(22)23/h2-3,6,9,11-12,16,32H,4-5,7-8,10H2,1H3,(H3,24,26,28,29). The van der Waals surface area contributed by atoms with Gasteiger partial charge in [0.2, 0.25) is 5.95 Å². The average molecular weight is 442 g/mol. The molecule has 168 valence electrons. The van der Waals surface area contributed by atoms with Gasteiger partial charge in [0.25, 0.3) is 6.43 Å². The van der Waals surface area contributed by atoms with Crippen molar-refractivity contribution >= 4 is 28.4 Å². The lowest BCUT2D eigenvalue weighted by molar-refractivity contribution is 0.0195. The Hall–Kier alpha value is -3.34. The smallest absolute Gasteiger partial charge is 0.256 e. The molecule has 0 amide bonds. The molecule has 0 aromatic carbocycles. The van der Waals surface area contributed by atoms with Gasteiger partial charge in [-0.15, -0.1) is 5.10 Å². The highest BCUT2D eigenvalue weighted by Crippen LogP contribution is 2.31. The van der Waals surface area contributed by atoms with E-state index in [-0.39, 0.29) is 11.9 Å². The van der Waals surface area contributed by atoms with Crippen LogP contribution in [0.5, 0.6) is 0 Å². The van der Waals surface area contributed by atoms with Crippen LogP contribution in [0, 0.1) is 0 Å². The van der Waals surface area contributed by atoms with Gasteiger partial charge < -0.3 is 20.7 Å². The molecule has 1 saturated carbocycles. The first-order chi connectivity index (χ1) is 15.3. The van der Waals surface area contributed by atoms with Gasteiger partial charge in [0, 0.05) is 17.8 Å². The first kappa shape index (κ1) is 20.6. The number of aliphatic hydroxyl groups is 1. The van der Waals surface area contributed by atoms with E-state index in [0.29, 0.717) is 46.7 Å². The molecule has 4 aromatic heterocycles. The van der Waals surface area contributed by atoms with Crippen molar-refractivity contribution in [3.8, 4) is 11.3 Å². The third kappa shape index (κ3) is 3.83. The molecule has 1 aliphatic carbocycles. The summed E-state index contributed by atoms with van der Waals surface area (Å²) in [6.07, 6.45) is 3.70. The zero-order chi connectivity index (χ0) is 22.5. The summed E-state index contributed by atoms with van der Waals surface area (Å²) < 4.78 is 28.7. The number of nitrogens with zero attached hydrogens (tertiary/aromatic N) is 6. The minimum Gasteiger partial charge on any atom is -0.390 e. The fourth-order valence-electron chi connectivity index (χ4n) is 4.26. The Labute approximate surface area is 182 Å². The van der Waals surface area contributed by atoms with Gasteiger partial charge in [0.15, 0.2) is 11.5 Å². The quantitative estimate of drug-likeness (QED) is 0.434. The molecule has 0 saturated heterocycles. The number of hydrogen-bond acceptors (Lipinski definition) is 7. The number of imidazole rings is 1.